The average molecular weight is 361 g/mol. The third kappa shape index (κ3) is 10.7. The maximum Gasteiger partial charge on any atom is 0 e. The third-order valence-corrected chi connectivity index (χ3v) is 2.12. The maximum atomic E-state index is 3.75. The van der Waals surface area contributed by atoms with Gasteiger partial charge < -0.3 is 0 Å². The molecule has 0 rings (SSSR count). The molecule has 1 heteroatoms. The topological polar surface area (TPSA) is 0 Å². The predicted octanol–water partition coefficient (Wildman–Crippen LogP) is 3.79. The maximum absolute atomic E-state index is 3.75. The Bertz CT molecular complexity index is 89.0. The molecule has 1 unspecified atom stereocenters. The van der Waals surface area contributed by atoms with E-state index in [4.69, 9.17) is 0 Å². The number of hydrogen-bond donors (Lipinski definition) is 0. The van der Waals surface area contributed by atoms with E-state index >= 15 is 0 Å². The van der Waals surface area contributed by atoms with Crippen LogP contribution in [0.4, 0.5) is 0 Å². The van der Waals surface area contributed by atoms with Gasteiger partial charge in [-0.3, -0.25) is 0 Å². The monoisotopic (exact) mass is 362 g/mol. The minimum Gasteiger partial charge on any atom is -0.103 e. The van der Waals surface area contributed by atoms with Gasteiger partial charge in [-0.05, 0) is 12.3 Å². The number of hydrogen-bond acceptors (Lipinski definition) is 0. The van der Waals surface area contributed by atoms with Crippen molar-refractivity contribution in [3.63, 3.8) is 0 Å². The fraction of sp³-hybridized carbons (Fsp3) is 0.818. The molecule has 0 fully saturated rings. The summed E-state index contributed by atoms with van der Waals surface area (Å²) in [6.07, 6.45) is 10.2. The van der Waals surface area contributed by atoms with Gasteiger partial charge in [0.1, 0.15) is 0 Å². The summed E-state index contributed by atoms with van der Waals surface area (Å²) in [5, 5.41) is 0. The summed E-state index contributed by atoms with van der Waals surface area (Å²) in [6, 6.07) is 0. The summed E-state index contributed by atoms with van der Waals surface area (Å²) >= 11 is 0. The van der Waals surface area contributed by atoms with E-state index in [1.54, 1.807) is 0 Å². The fourth-order valence-corrected chi connectivity index (χ4v) is 1.32. The second-order valence-electron chi connectivity index (χ2n) is 3.48. The zero-order valence-corrected chi connectivity index (χ0v) is 12.5. The molecule has 0 aliphatic rings. The summed E-state index contributed by atoms with van der Waals surface area (Å²) in [5.41, 5.74) is 0. The van der Waals surface area contributed by atoms with E-state index < -0.39 is 0 Å². The van der Waals surface area contributed by atoms with E-state index in [2.05, 4.69) is 20.4 Å². The Labute approximate surface area is 98.0 Å². The van der Waals surface area contributed by atoms with Crippen LogP contribution in [0.15, 0.2) is 12.7 Å². The summed E-state index contributed by atoms with van der Waals surface area (Å²) in [4.78, 5) is 0. The molecule has 0 aromatic carbocycles. The minimum absolute atomic E-state index is 0. The van der Waals surface area contributed by atoms with Crippen molar-refractivity contribution < 1.29 is 0 Å². The first-order chi connectivity index (χ1) is 5.31. The van der Waals surface area contributed by atoms with Crippen molar-refractivity contribution in [2.24, 2.45) is 5.92 Å². The molecule has 0 heterocycles. The molecule has 0 amide bonds. The molecule has 0 aliphatic heterocycles. The van der Waals surface area contributed by atoms with E-state index in [0.29, 0.717) is 0 Å². The first-order valence-electron chi connectivity index (χ1n) is 4.92. The zero-order valence-electron chi connectivity index (χ0n) is 8.60. The van der Waals surface area contributed by atoms with Crippen molar-refractivity contribution >= 4 is 27.3 Å². The van der Waals surface area contributed by atoms with Gasteiger partial charge in [0.25, 0.3) is 0 Å². The van der Waals surface area contributed by atoms with Gasteiger partial charge in [0.2, 0.25) is 0 Å². The minimum atomic E-state index is 0. The van der Waals surface area contributed by atoms with Gasteiger partial charge in [-0.1, -0.05) is 52.0 Å². The molecular formula is C11H22Pb. The van der Waals surface area contributed by atoms with Crippen LogP contribution < -0.4 is 0 Å². The van der Waals surface area contributed by atoms with Crippen LogP contribution >= 0.6 is 0 Å². The molecule has 4 radical (unpaired) electrons. The molecule has 0 N–H and O–H groups in total. The first kappa shape index (κ1) is 15.1. The van der Waals surface area contributed by atoms with Crippen LogP contribution in [0.25, 0.3) is 0 Å². The van der Waals surface area contributed by atoms with E-state index in [1.165, 1.54) is 38.5 Å². The Morgan fingerprint density at radius 1 is 1.25 bits per heavy atom. The molecule has 0 saturated heterocycles. The molecular weight excluding hydrogens is 339 g/mol. The van der Waals surface area contributed by atoms with Crippen molar-refractivity contribution in [1.29, 1.82) is 0 Å². The number of allylic oxidation sites excluding steroid dienone is 1. The van der Waals surface area contributed by atoms with Gasteiger partial charge in [-0.2, -0.15) is 0 Å². The molecule has 1 atom stereocenters. The summed E-state index contributed by atoms with van der Waals surface area (Å²) in [5.74, 6) is 0.851. The normalized spacial score (nSPS) is 11.8. The molecule has 0 aliphatic carbocycles. The smallest absolute Gasteiger partial charge is 0 e. The van der Waals surface area contributed by atoms with Crippen molar-refractivity contribution in [3.05, 3.63) is 12.7 Å². The molecule has 0 aromatic heterocycles. The van der Waals surface area contributed by atoms with Crippen molar-refractivity contribution in [2.45, 2.75) is 52.4 Å². The summed E-state index contributed by atoms with van der Waals surface area (Å²) in [7, 11) is 0. The van der Waals surface area contributed by atoms with Crippen LogP contribution in [0.2, 0.25) is 0 Å². The van der Waals surface area contributed by atoms with Gasteiger partial charge in [0.05, 0.1) is 0 Å². The van der Waals surface area contributed by atoms with Crippen molar-refractivity contribution in [3.8, 4) is 0 Å². The molecule has 0 nitrogen and oxygen atoms in total. The Morgan fingerprint density at radius 3 is 2.42 bits per heavy atom. The zero-order chi connectivity index (χ0) is 8.53. The van der Waals surface area contributed by atoms with Crippen molar-refractivity contribution in [1.82, 2.24) is 0 Å². The van der Waals surface area contributed by atoms with Gasteiger partial charge in [0, 0.05) is 27.3 Å². The van der Waals surface area contributed by atoms with Gasteiger partial charge >= 0.3 is 0 Å². The second-order valence-corrected chi connectivity index (χ2v) is 3.48. The Hall–Kier alpha value is 0.662. The number of rotatable bonds is 7. The van der Waals surface area contributed by atoms with Gasteiger partial charge in [0.15, 0.2) is 0 Å². The van der Waals surface area contributed by atoms with E-state index in [0.717, 1.165) is 5.92 Å². The molecule has 0 bridgehead atoms. The fourth-order valence-electron chi connectivity index (χ4n) is 1.32. The van der Waals surface area contributed by atoms with Crippen LogP contribution in [0, 0.1) is 5.92 Å². The Kier molecular flexibility index (Phi) is 14.7. The summed E-state index contributed by atoms with van der Waals surface area (Å²) in [6.45, 7) is 8.32. The van der Waals surface area contributed by atoms with Crippen LogP contribution in [0.5, 0.6) is 0 Å². The molecule has 12 heavy (non-hydrogen) atoms. The van der Waals surface area contributed by atoms with E-state index in [9.17, 15) is 0 Å². The van der Waals surface area contributed by atoms with E-state index in [-0.39, 0.29) is 27.3 Å². The van der Waals surface area contributed by atoms with Crippen LogP contribution in [-0.2, 0) is 0 Å². The molecule has 70 valence electrons. The Morgan fingerprint density at radius 2 is 1.92 bits per heavy atom. The number of unbranched alkanes of at least 4 members (excludes halogenated alkanes) is 3. The van der Waals surface area contributed by atoms with Crippen LogP contribution in [0.3, 0.4) is 0 Å². The average Bonchev–Trinajstić information content (AvgIpc) is 1.99. The largest absolute Gasteiger partial charge is 0.103 e. The first-order valence-corrected chi connectivity index (χ1v) is 4.92. The second kappa shape index (κ2) is 11.7. The quantitative estimate of drug-likeness (QED) is 0.368. The summed E-state index contributed by atoms with van der Waals surface area (Å²) < 4.78 is 0. The SMILES string of the molecule is C=CCC(C)CCCCCC.[Pb]. The third-order valence-electron chi connectivity index (χ3n) is 2.12. The van der Waals surface area contributed by atoms with Crippen LogP contribution in [-0.4, -0.2) is 27.3 Å². The van der Waals surface area contributed by atoms with Gasteiger partial charge in [-0.25, -0.2) is 0 Å². The van der Waals surface area contributed by atoms with Crippen molar-refractivity contribution in [2.75, 3.05) is 0 Å². The molecule has 0 aromatic rings. The standard InChI is InChI=1S/C11H22.Pb/c1-4-6-7-8-10-11(3)9-5-2;/h5,11H,2,4,6-10H2,1,3H3;. The Balaban J connectivity index is 0. The molecule has 0 saturated carbocycles. The van der Waals surface area contributed by atoms with Gasteiger partial charge in [-0.15, -0.1) is 6.58 Å². The predicted molar refractivity (Wildman–Crippen MR) is 58.5 cm³/mol. The van der Waals surface area contributed by atoms with Crippen LogP contribution in [0.1, 0.15) is 52.4 Å². The van der Waals surface area contributed by atoms with E-state index in [1.807, 2.05) is 6.08 Å². The molecule has 0 spiro atoms.